The largest absolute Gasteiger partial charge is 0.480 e. The number of halogens is 1. The second-order valence-corrected chi connectivity index (χ2v) is 4.14. The highest BCUT2D eigenvalue weighted by Gasteiger charge is 2.20. The van der Waals surface area contributed by atoms with Gasteiger partial charge in [-0.2, -0.15) is 0 Å². The van der Waals surface area contributed by atoms with Gasteiger partial charge < -0.3 is 21.3 Å². The van der Waals surface area contributed by atoms with E-state index < -0.39 is 24.5 Å². The van der Waals surface area contributed by atoms with E-state index in [1.54, 1.807) is 12.1 Å². The molecule has 0 radical (unpaired) electrons. The van der Waals surface area contributed by atoms with Crippen molar-refractivity contribution in [1.82, 2.24) is 5.32 Å². The molecule has 7 heteroatoms. The van der Waals surface area contributed by atoms with Gasteiger partial charge in [-0.3, -0.25) is 4.79 Å². The van der Waals surface area contributed by atoms with Crippen molar-refractivity contribution in [3.8, 4) is 0 Å². The minimum atomic E-state index is -1.34. The average Bonchev–Trinajstić information content (AvgIpc) is 2.28. The number of carboxylic acids is 1. The highest BCUT2D eigenvalue weighted by molar-refractivity contribution is 9.10. The van der Waals surface area contributed by atoms with Crippen LogP contribution in [0.2, 0.25) is 0 Å². The minimum Gasteiger partial charge on any atom is -0.480 e. The maximum atomic E-state index is 11.7. The van der Waals surface area contributed by atoms with Gasteiger partial charge in [-0.1, -0.05) is 0 Å². The number of carbonyl (C=O) groups is 2. The van der Waals surface area contributed by atoms with Gasteiger partial charge in [0.2, 0.25) is 0 Å². The predicted octanol–water partition coefficient (Wildman–Crippen LogP) is 0.207. The Morgan fingerprint density at radius 3 is 2.65 bits per heavy atom. The van der Waals surface area contributed by atoms with Crippen LogP contribution in [0.25, 0.3) is 0 Å². The topological polar surface area (TPSA) is 113 Å². The first-order valence-corrected chi connectivity index (χ1v) is 5.44. The van der Waals surface area contributed by atoms with Crippen molar-refractivity contribution in [3.05, 3.63) is 28.2 Å². The SMILES string of the molecule is Nc1ccc(Br)c(C(=O)N[C@@H](CO)C(=O)O)c1. The molecule has 0 saturated carbocycles. The van der Waals surface area contributed by atoms with E-state index in [0.29, 0.717) is 10.2 Å². The van der Waals surface area contributed by atoms with Crippen molar-refractivity contribution < 1.29 is 19.8 Å². The lowest BCUT2D eigenvalue weighted by molar-refractivity contribution is -0.140. The summed E-state index contributed by atoms with van der Waals surface area (Å²) in [6, 6.07) is 3.26. The van der Waals surface area contributed by atoms with Crippen LogP contribution in [-0.4, -0.2) is 34.7 Å². The third kappa shape index (κ3) is 3.43. The number of carbonyl (C=O) groups excluding carboxylic acids is 1. The van der Waals surface area contributed by atoms with Crippen LogP contribution in [-0.2, 0) is 4.79 Å². The molecule has 1 aromatic carbocycles. The first kappa shape index (κ1) is 13.5. The van der Waals surface area contributed by atoms with E-state index in [1.165, 1.54) is 6.07 Å². The number of amides is 1. The Morgan fingerprint density at radius 1 is 1.47 bits per heavy atom. The molecule has 1 amide bonds. The zero-order chi connectivity index (χ0) is 13.0. The van der Waals surface area contributed by atoms with Crippen LogP contribution in [0.5, 0.6) is 0 Å². The van der Waals surface area contributed by atoms with E-state index in [2.05, 4.69) is 21.2 Å². The van der Waals surface area contributed by atoms with Crippen LogP contribution in [0.15, 0.2) is 22.7 Å². The molecule has 17 heavy (non-hydrogen) atoms. The van der Waals surface area contributed by atoms with E-state index in [-0.39, 0.29) is 5.56 Å². The summed E-state index contributed by atoms with van der Waals surface area (Å²) in [6.07, 6.45) is 0. The summed E-state index contributed by atoms with van der Waals surface area (Å²) in [5.41, 5.74) is 6.12. The number of rotatable bonds is 4. The highest BCUT2D eigenvalue weighted by atomic mass is 79.9. The standard InChI is InChI=1S/C10H11BrN2O4/c11-7-2-1-5(12)3-6(7)9(15)13-8(4-14)10(16)17/h1-3,8,14H,4,12H2,(H,13,15)(H,16,17)/t8-/m0/s1. The highest BCUT2D eigenvalue weighted by Crippen LogP contribution is 2.19. The van der Waals surface area contributed by atoms with E-state index in [0.717, 1.165) is 0 Å². The van der Waals surface area contributed by atoms with Gasteiger partial charge in [0, 0.05) is 10.2 Å². The Hall–Kier alpha value is -1.60. The van der Waals surface area contributed by atoms with Crippen molar-refractivity contribution in [2.45, 2.75) is 6.04 Å². The molecule has 1 rings (SSSR count). The Balaban J connectivity index is 2.89. The van der Waals surface area contributed by atoms with Gasteiger partial charge in [0.15, 0.2) is 6.04 Å². The molecule has 6 nitrogen and oxygen atoms in total. The zero-order valence-electron chi connectivity index (χ0n) is 8.68. The zero-order valence-corrected chi connectivity index (χ0v) is 10.3. The number of benzene rings is 1. The van der Waals surface area contributed by atoms with Gasteiger partial charge in [-0.15, -0.1) is 0 Å². The smallest absolute Gasteiger partial charge is 0.328 e. The minimum absolute atomic E-state index is 0.213. The summed E-state index contributed by atoms with van der Waals surface area (Å²) < 4.78 is 0.492. The second kappa shape index (κ2) is 5.65. The monoisotopic (exact) mass is 302 g/mol. The van der Waals surface area contributed by atoms with Crippen LogP contribution < -0.4 is 11.1 Å². The van der Waals surface area contributed by atoms with Crippen molar-refractivity contribution in [1.29, 1.82) is 0 Å². The number of anilines is 1. The lowest BCUT2D eigenvalue weighted by Gasteiger charge is -2.12. The number of nitrogen functional groups attached to an aromatic ring is 1. The summed E-state index contributed by atoms with van der Waals surface area (Å²) in [6.45, 7) is -0.680. The van der Waals surface area contributed by atoms with Gasteiger partial charge in [0.1, 0.15) is 0 Å². The van der Waals surface area contributed by atoms with Gasteiger partial charge in [-0.25, -0.2) is 4.79 Å². The van der Waals surface area contributed by atoms with Gasteiger partial charge >= 0.3 is 5.97 Å². The van der Waals surface area contributed by atoms with Crippen LogP contribution in [0, 0.1) is 0 Å². The summed E-state index contributed by atoms with van der Waals surface area (Å²) >= 11 is 3.15. The summed E-state index contributed by atoms with van der Waals surface area (Å²) in [7, 11) is 0. The van der Waals surface area contributed by atoms with E-state index in [9.17, 15) is 9.59 Å². The maximum absolute atomic E-state index is 11.7. The van der Waals surface area contributed by atoms with Crippen molar-refractivity contribution in [2.75, 3.05) is 12.3 Å². The first-order chi connectivity index (χ1) is 7.95. The third-order valence-electron chi connectivity index (χ3n) is 2.02. The first-order valence-electron chi connectivity index (χ1n) is 4.65. The lowest BCUT2D eigenvalue weighted by atomic mass is 10.1. The second-order valence-electron chi connectivity index (χ2n) is 3.29. The Labute approximate surface area is 106 Å². The van der Waals surface area contributed by atoms with Crippen molar-refractivity contribution in [2.24, 2.45) is 0 Å². The third-order valence-corrected chi connectivity index (χ3v) is 2.71. The van der Waals surface area contributed by atoms with E-state index >= 15 is 0 Å². The van der Waals surface area contributed by atoms with Crippen LogP contribution in [0.3, 0.4) is 0 Å². The van der Waals surface area contributed by atoms with Gasteiger partial charge in [-0.05, 0) is 34.1 Å². The molecule has 0 fully saturated rings. The fraction of sp³-hybridized carbons (Fsp3) is 0.200. The van der Waals surface area contributed by atoms with Crippen LogP contribution in [0.4, 0.5) is 5.69 Å². The molecular weight excluding hydrogens is 292 g/mol. The molecule has 0 spiro atoms. The normalized spacial score (nSPS) is 11.9. The quantitative estimate of drug-likeness (QED) is 0.594. The average molecular weight is 303 g/mol. The molecule has 0 bridgehead atoms. The molecule has 0 unspecified atom stereocenters. The van der Waals surface area contributed by atoms with E-state index in [1.807, 2.05) is 0 Å². The van der Waals surface area contributed by atoms with Crippen molar-refractivity contribution >= 4 is 33.5 Å². The molecule has 92 valence electrons. The number of carboxylic acid groups (broad SMARTS) is 1. The number of nitrogens with one attached hydrogen (secondary N) is 1. The van der Waals surface area contributed by atoms with E-state index in [4.69, 9.17) is 15.9 Å². The summed E-state index contributed by atoms with van der Waals surface area (Å²) in [5.74, 6) is -1.92. The Kier molecular flexibility index (Phi) is 4.47. The molecule has 1 aromatic rings. The van der Waals surface area contributed by atoms with Crippen LogP contribution in [0.1, 0.15) is 10.4 Å². The number of aliphatic hydroxyl groups excluding tert-OH is 1. The maximum Gasteiger partial charge on any atom is 0.328 e. The van der Waals surface area contributed by atoms with Gasteiger partial charge in [0.05, 0.1) is 12.2 Å². The molecule has 0 aromatic heterocycles. The fourth-order valence-electron chi connectivity index (χ4n) is 1.14. The molecular formula is C10H11BrN2O4. The molecule has 0 aliphatic heterocycles. The molecule has 5 N–H and O–H groups in total. The number of hydrogen-bond acceptors (Lipinski definition) is 4. The number of aliphatic hydroxyl groups is 1. The molecule has 0 aliphatic rings. The molecule has 0 aliphatic carbocycles. The van der Waals surface area contributed by atoms with Crippen molar-refractivity contribution in [3.63, 3.8) is 0 Å². The van der Waals surface area contributed by atoms with Gasteiger partial charge in [0.25, 0.3) is 5.91 Å². The lowest BCUT2D eigenvalue weighted by Crippen LogP contribution is -2.43. The summed E-state index contributed by atoms with van der Waals surface area (Å²) in [4.78, 5) is 22.4. The van der Waals surface area contributed by atoms with Crippen LogP contribution >= 0.6 is 15.9 Å². The summed E-state index contributed by atoms with van der Waals surface area (Å²) in [5, 5.41) is 19.6. The predicted molar refractivity (Wildman–Crippen MR) is 64.5 cm³/mol. The number of nitrogens with two attached hydrogens (primary N) is 1. The number of hydrogen-bond donors (Lipinski definition) is 4. The number of aliphatic carboxylic acids is 1. The molecule has 0 saturated heterocycles. The Bertz CT molecular complexity index is 450. The Morgan fingerprint density at radius 2 is 2.12 bits per heavy atom. The molecule has 0 heterocycles. The molecule has 1 atom stereocenters. The fourth-order valence-corrected chi connectivity index (χ4v) is 1.57.